The number of fused-ring (bicyclic) bond motifs is 2. The minimum absolute atomic E-state index is 0.758. The van der Waals surface area contributed by atoms with Gasteiger partial charge in [-0.2, -0.15) is 0 Å². The van der Waals surface area contributed by atoms with Crippen LogP contribution in [0.1, 0.15) is 16.1 Å². The Morgan fingerprint density at radius 2 is 1.93 bits per heavy atom. The number of hydrogen-bond acceptors (Lipinski definition) is 5. The number of thiophene rings is 1. The monoisotopic (exact) mass is 372 g/mol. The first-order valence-corrected chi connectivity index (χ1v) is 9.97. The first-order chi connectivity index (χ1) is 13.2. The molecule has 134 valence electrons. The average molecular weight is 372 g/mol. The summed E-state index contributed by atoms with van der Waals surface area (Å²) in [5.41, 5.74) is 9.95. The smallest absolute Gasteiger partial charge is 0.159 e. The Balaban J connectivity index is 1.34. The Morgan fingerprint density at radius 1 is 1.07 bits per heavy atom. The maximum atomic E-state index is 5.77. The summed E-state index contributed by atoms with van der Waals surface area (Å²) in [6, 6.07) is 18.7. The number of nitrogen functional groups attached to an aromatic ring is 1. The largest absolute Gasteiger partial charge is 0.399 e. The van der Waals surface area contributed by atoms with Crippen LogP contribution in [0.15, 0.2) is 60.8 Å². The second-order valence-electron chi connectivity index (χ2n) is 7.00. The third-order valence-electron chi connectivity index (χ3n) is 5.04. The van der Waals surface area contributed by atoms with Crippen molar-refractivity contribution in [2.75, 3.05) is 12.3 Å². The van der Waals surface area contributed by atoms with E-state index in [9.17, 15) is 0 Å². The second-order valence-corrected chi connectivity index (χ2v) is 8.17. The average Bonchev–Trinajstić information content (AvgIpc) is 3.10. The van der Waals surface area contributed by atoms with E-state index >= 15 is 0 Å². The number of nitrogens with two attached hydrogens (primary N) is 1. The Bertz CT molecular complexity index is 1070. The van der Waals surface area contributed by atoms with E-state index in [2.05, 4.69) is 40.2 Å². The summed E-state index contributed by atoms with van der Waals surface area (Å²) in [5.74, 6) is 0.784. The number of aromatic nitrogens is 2. The van der Waals surface area contributed by atoms with Gasteiger partial charge in [-0.05, 0) is 41.8 Å². The van der Waals surface area contributed by atoms with Crippen LogP contribution < -0.4 is 5.73 Å². The topological polar surface area (TPSA) is 55.0 Å². The SMILES string of the molecule is Nc1ccc(-c2ncc3c(n2)CCN(Cc2cc4ccccc4s2)C3)cc1. The van der Waals surface area contributed by atoms with Gasteiger partial charge in [0.05, 0.1) is 5.69 Å². The van der Waals surface area contributed by atoms with Gasteiger partial charge in [-0.15, -0.1) is 11.3 Å². The molecule has 0 radical (unpaired) electrons. The summed E-state index contributed by atoms with van der Waals surface area (Å²) in [7, 11) is 0. The zero-order valence-corrected chi connectivity index (χ0v) is 15.7. The van der Waals surface area contributed by atoms with Gasteiger partial charge >= 0.3 is 0 Å². The van der Waals surface area contributed by atoms with Gasteiger partial charge in [-0.3, -0.25) is 4.90 Å². The number of nitrogens with zero attached hydrogens (tertiary/aromatic N) is 3. The molecule has 0 saturated heterocycles. The van der Waals surface area contributed by atoms with Gasteiger partial charge in [0.2, 0.25) is 0 Å². The minimum Gasteiger partial charge on any atom is -0.399 e. The zero-order valence-electron chi connectivity index (χ0n) is 14.9. The van der Waals surface area contributed by atoms with Crippen LogP contribution in [-0.4, -0.2) is 21.4 Å². The molecule has 4 nitrogen and oxygen atoms in total. The van der Waals surface area contributed by atoms with E-state index in [1.807, 2.05) is 41.8 Å². The van der Waals surface area contributed by atoms with E-state index in [-0.39, 0.29) is 0 Å². The second kappa shape index (κ2) is 6.76. The van der Waals surface area contributed by atoms with Gasteiger partial charge in [-0.1, -0.05) is 18.2 Å². The molecule has 2 aromatic carbocycles. The van der Waals surface area contributed by atoms with E-state index in [1.165, 1.54) is 26.2 Å². The molecule has 0 fully saturated rings. The molecule has 5 heteroatoms. The first kappa shape index (κ1) is 16.4. The van der Waals surface area contributed by atoms with Crippen LogP contribution in [-0.2, 0) is 19.5 Å². The van der Waals surface area contributed by atoms with E-state index in [4.69, 9.17) is 10.7 Å². The van der Waals surface area contributed by atoms with Crippen LogP contribution in [0.25, 0.3) is 21.5 Å². The molecule has 0 amide bonds. The number of benzene rings is 2. The van der Waals surface area contributed by atoms with E-state index in [0.717, 1.165) is 43.1 Å². The number of hydrogen-bond donors (Lipinski definition) is 1. The third-order valence-corrected chi connectivity index (χ3v) is 6.14. The van der Waals surface area contributed by atoms with E-state index < -0.39 is 0 Å². The summed E-state index contributed by atoms with van der Waals surface area (Å²) in [6.07, 6.45) is 2.95. The van der Waals surface area contributed by atoms with E-state index in [0.29, 0.717) is 0 Å². The fourth-order valence-electron chi connectivity index (χ4n) is 3.62. The lowest BCUT2D eigenvalue weighted by molar-refractivity contribution is 0.245. The molecule has 0 bridgehead atoms. The predicted octanol–water partition coefficient (Wildman–Crippen LogP) is 4.50. The maximum Gasteiger partial charge on any atom is 0.159 e. The highest BCUT2D eigenvalue weighted by Crippen LogP contribution is 2.28. The summed E-state index contributed by atoms with van der Waals surface area (Å²) >= 11 is 1.89. The summed E-state index contributed by atoms with van der Waals surface area (Å²) in [4.78, 5) is 13.3. The molecule has 2 aromatic heterocycles. The van der Waals surface area contributed by atoms with Crippen molar-refractivity contribution in [1.29, 1.82) is 0 Å². The Hall–Kier alpha value is -2.76. The molecule has 1 aliphatic rings. The molecular weight excluding hydrogens is 352 g/mol. The van der Waals surface area contributed by atoms with Crippen molar-refractivity contribution in [2.24, 2.45) is 0 Å². The highest BCUT2D eigenvalue weighted by Gasteiger charge is 2.19. The van der Waals surface area contributed by atoms with Crippen LogP contribution in [0.3, 0.4) is 0 Å². The van der Waals surface area contributed by atoms with Gasteiger partial charge in [-0.25, -0.2) is 9.97 Å². The molecule has 2 N–H and O–H groups in total. The van der Waals surface area contributed by atoms with Crippen molar-refractivity contribution in [3.05, 3.63) is 76.9 Å². The summed E-state index contributed by atoms with van der Waals surface area (Å²) < 4.78 is 1.36. The quantitative estimate of drug-likeness (QED) is 0.538. The molecule has 27 heavy (non-hydrogen) atoms. The Labute approximate surface area is 162 Å². The van der Waals surface area contributed by atoms with Crippen LogP contribution in [0.2, 0.25) is 0 Å². The molecular formula is C22H20N4S. The minimum atomic E-state index is 0.758. The van der Waals surface area contributed by atoms with Crippen LogP contribution in [0.5, 0.6) is 0 Å². The molecule has 3 heterocycles. The van der Waals surface area contributed by atoms with Crippen molar-refractivity contribution in [3.63, 3.8) is 0 Å². The molecule has 0 spiro atoms. The van der Waals surface area contributed by atoms with Crippen LogP contribution in [0, 0.1) is 0 Å². The number of anilines is 1. The lowest BCUT2D eigenvalue weighted by Gasteiger charge is -2.27. The Morgan fingerprint density at radius 3 is 2.78 bits per heavy atom. The lowest BCUT2D eigenvalue weighted by atomic mass is 10.1. The van der Waals surface area contributed by atoms with Crippen molar-refractivity contribution in [3.8, 4) is 11.4 Å². The van der Waals surface area contributed by atoms with Gasteiger partial charge in [0.15, 0.2) is 5.82 Å². The summed E-state index contributed by atoms with van der Waals surface area (Å²) in [6.45, 7) is 2.92. The molecule has 4 aromatic rings. The Kier molecular flexibility index (Phi) is 4.11. The van der Waals surface area contributed by atoms with Crippen molar-refractivity contribution in [2.45, 2.75) is 19.5 Å². The van der Waals surface area contributed by atoms with Gasteiger partial charge < -0.3 is 5.73 Å². The fourth-order valence-corrected chi connectivity index (χ4v) is 4.72. The van der Waals surface area contributed by atoms with E-state index in [1.54, 1.807) is 0 Å². The highest BCUT2D eigenvalue weighted by atomic mass is 32.1. The normalized spacial score (nSPS) is 14.4. The molecule has 0 aliphatic carbocycles. The standard InChI is InChI=1S/C22H20N4S/c23-18-7-5-15(6-8-18)22-24-12-17-13-26(10-9-20(17)25-22)14-19-11-16-3-1-2-4-21(16)27-19/h1-8,11-12H,9-10,13-14,23H2. The van der Waals surface area contributed by atoms with Crippen molar-refractivity contribution < 1.29 is 0 Å². The third kappa shape index (κ3) is 3.31. The van der Waals surface area contributed by atoms with Gasteiger partial charge in [0, 0.05) is 58.6 Å². The molecule has 0 atom stereocenters. The molecule has 5 rings (SSSR count). The molecule has 1 aliphatic heterocycles. The van der Waals surface area contributed by atoms with Crippen LogP contribution >= 0.6 is 11.3 Å². The van der Waals surface area contributed by atoms with Crippen molar-refractivity contribution in [1.82, 2.24) is 14.9 Å². The number of rotatable bonds is 3. The van der Waals surface area contributed by atoms with Gasteiger partial charge in [0.25, 0.3) is 0 Å². The predicted molar refractivity (Wildman–Crippen MR) is 112 cm³/mol. The summed E-state index contributed by atoms with van der Waals surface area (Å²) in [5, 5.41) is 1.34. The molecule has 0 unspecified atom stereocenters. The fraction of sp³-hybridized carbons (Fsp3) is 0.182. The molecule has 0 saturated carbocycles. The van der Waals surface area contributed by atoms with Crippen LogP contribution in [0.4, 0.5) is 5.69 Å². The van der Waals surface area contributed by atoms with Crippen molar-refractivity contribution >= 4 is 27.1 Å². The lowest BCUT2D eigenvalue weighted by Crippen LogP contribution is -2.30. The maximum absolute atomic E-state index is 5.77. The first-order valence-electron chi connectivity index (χ1n) is 9.15. The van der Waals surface area contributed by atoms with Gasteiger partial charge in [0.1, 0.15) is 0 Å². The highest BCUT2D eigenvalue weighted by molar-refractivity contribution is 7.19. The zero-order chi connectivity index (χ0) is 18.2.